The van der Waals surface area contributed by atoms with Crippen molar-refractivity contribution < 1.29 is 26.7 Å². The van der Waals surface area contributed by atoms with Gasteiger partial charge in [-0.25, -0.2) is 26.9 Å². The number of hydrogen-bond donors (Lipinski definition) is 2. The second kappa shape index (κ2) is 5.88. The number of halogens is 2. The lowest BCUT2D eigenvalue weighted by Gasteiger charge is -2.09. The number of sulfonamides is 1. The number of aromatic nitrogens is 1. The van der Waals surface area contributed by atoms with E-state index in [0.29, 0.717) is 5.76 Å². The fourth-order valence-electron chi connectivity index (χ4n) is 1.65. The first-order valence-electron chi connectivity index (χ1n) is 5.84. The summed E-state index contributed by atoms with van der Waals surface area (Å²) in [6.07, 6.45) is 1.41. The monoisotopic (exact) mass is 318 g/mol. The van der Waals surface area contributed by atoms with E-state index in [2.05, 4.69) is 9.71 Å². The van der Waals surface area contributed by atoms with Crippen molar-refractivity contribution in [3.63, 3.8) is 0 Å². The van der Waals surface area contributed by atoms with Crippen LogP contribution in [-0.2, 0) is 23.2 Å². The van der Waals surface area contributed by atoms with Crippen LogP contribution in [0.5, 0.6) is 0 Å². The minimum absolute atomic E-state index is 0.112. The smallest absolute Gasteiger partial charge is 0.243 e. The Bertz CT molecular complexity index is 759. The van der Waals surface area contributed by atoms with Crippen LogP contribution in [0, 0.1) is 18.6 Å². The van der Waals surface area contributed by atoms with Crippen molar-refractivity contribution in [3.8, 4) is 0 Å². The first-order chi connectivity index (χ1) is 9.85. The topological polar surface area (TPSA) is 92.4 Å². The summed E-state index contributed by atoms with van der Waals surface area (Å²) in [7, 11) is -4.23. The molecule has 0 saturated heterocycles. The number of benzene rings is 1. The van der Waals surface area contributed by atoms with Gasteiger partial charge in [-0.1, -0.05) is 0 Å². The zero-order valence-corrected chi connectivity index (χ0v) is 11.7. The van der Waals surface area contributed by atoms with Crippen molar-refractivity contribution in [1.82, 2.24) is 9.71 Å². The summed E-state index contributed by atoms with van der Waals surface area (Å²) >= 11 is 0. The van der Waals surface area contributed by atoms with E-state index in [1.165, 1.54) is 6.20 Å². The van der Waals surface area contributed by atoms with Crippen LogP contribution >= 0.6 is 0 Å². The molecule has 1 heterocycles. The molecule has 0 saturated carbocycles. The Morgan fingerprint density at radius 3 is 2.67 bits per heavy atom. The largest absolute Gasteiger partial charge is 0.445 e. The van der Waals surface area contributed by atoms with Crippen molar-refractivity contribution >= 4 is 10.0 Å². The molecule has 1 aromatic heterocycles. The number of aliphatic hydroxyl groups is 1. The second-order valence-electron chi connectivity index (χ2n) is 4.19. The highest BCUT2D eigenvalue weighted by Crippen LogP contribution is 2.21. The molecule has 2 N–H and O–H groups in total. The van der Waals surface area contributed by atoms with Crippen LogP contribution in [0.3, 0.4) is 0 Å². The standard InChI is InChI=1S/C12H12F2N2O4S/c1-7-4-15-11(20-7)5-16-21(18,19)10-3-2-9(13)8(6-17)12(10)14/h2-4,16-17H,5-6H2,1H3. The van der Waals surface area contributed by atoms with Crippen LogP contribution in [0.1, 0.15) is 17.2 Å². The summed E-state index contributed by atoms with van der Waals surface area (Å²) in [5, 5.41) is 8.88. The number of nitrogens with one attached hydrogen (secondary N) is 1. The van der Waals surface area contributed by atoms with Gasteiger partial charge in [0.25, 0.3) is 0 Å². The highest BCUT2D eigenvalue weighted by atomic mass is 32.2. The number of aliphatic hydroxyl groups excluding tert-OH is 1. The molecule has 0 atom stereocenters. The molecule has 0 spiro atoms. The molecule has 6 nitrogen and oxygen atoms in total. The number of nitrogens with zero attached hydrogens (tertiary/aromatic N) is 1. The normalized spacial score (nSPS) is 11.8. The molecule has 114 valence electrons. The van der Waals surface area contributed by atoms with E-state index < -0.39 is 38.7 Å². The quantitative estimate of drug-likeness (QED) is 0.865. The van der Waals surface area contributed by atoms with E-state index in [4.69, 9.17) is 9.52 Å². The van der Waals surface area contributed by atoms with Gasteiger partial charge in [0.1, 0.15) is 16.5 Å². The third-order valence-corrected chi connectivity index (χ3v) is 4.10. The van der Waals surface area contributed by atoms with Gasteiger partial charge in [-0.2, -0.15) is 0 Å². The van der Waals surface area contributed by atoms with Gasteiger partial charge in [0.05, 0.1) is 24.9 Å². The van der Waals surface area contributed by atoms with Gasteiger partial charge in [-0.15, -0.1) is 0 Å². The molecule has 2 aromatic rings. The predicted octanol–water partition coefficient (Wildman–Crippen LogP) is 1.23. The van der Waals surface area contributed by atoms with Gasteiger partial charge < -0.3 is 9.52 Å². The molecule has 0 fully saturated rings. The van der Waals surface area contributed by atoms with Crippen LogP contribution in [-0.4, -0.2) is 18.5 Å². The van der Waals surface area contributed by atoms with Gasteiger partial charge in [0.15, 0.2) is 5.82 Å². The van der Waals surface area contributed by atoms with Crippen molar-refractivity contribution in [1.29, 1.82) is 0 Å². The van der Waals surface area contributed by atoms with E-state index >= 15 is 0 Å². The molecule has 0 aliphatic rings. The van der Waals surface area contributed by atoms with Gasteiger partial charge in [0.2, 0.25) is 15.9 Å². The molecule has 0 aliphatic heterocycles. The Morgan fingerprint density at radius 2 is 2.10 bits per heavy atom. The highest BCUT2D eigenvalue weighted by molar-refractivity contribution is 7.89. The van der Waals surface area contributed by atoms with Crippen molar-refractivity contribution in [2.24, 2.45) is 0 Å². The van der Waals surface area contributed by atoms with Crippen molar-refractivity contribution in [2.45, 2.75) is 25.0 Å². The zero-order valence-electron chi connectivity index (χ0n) is 10.9. The predicted molar refractivity (Wildman–Crippen MR) is 67.5 cm³/mol. The molecule has 0 amide bonds. The van der Waals surface area contributed by atoms with Gasteiger partial charge in [-0.05, 0) is 19.1 Å². The van der Waals surface area contributed by atoms with Crippen LogP contribution < -0.4 is 4.72 Å². The molecule has 1 aromatic carbocycles. The summed E-state index contributed by atoms with van der Waals surface area (Å²) in [5.41, 5.74) is -0.704. The fourth-order valence-corrected chi connectivity index (χ4v) is 2.72. The molecule has 0 unspecified atom stereocenters. The van der Waals surface area contributed by atoms with E-state index in [9.17, 15) is 17.2 Å². The molecule has 0 bridgehead atoms. The number of oxazole rings is 1. The molecule has 0 radical (unpaired) electrons. The summed E-state index contributed by atoms with van der Waals surface area (Å²) in [5.74, 6) is -1.73. The second-order valence-corrected chi connectivity index (χ2v) is 5.92. The lowest BCUT2D eigenvalue weighted by Crippen LogP contribution is -2.25. The lowest BCUT2D eigenvalue weighted by molar-refractivity contribution is 0.267. The van der Waals surface area contributed by atoms with Gasteiger partial charge in [0, 0.05) is 0 Å². The fraction of sp³-hybridized carbons (Fsp3) is 0.250. The van der Waals surface area contributed by atoms with Crippen molar-refractivity contribution in [3.05, 3.63) is 47.2 Å². The van der Waals surface area contributed by atoms with E-state index in [1.54, 1.807) is 6.92 Å². The number of aryl methyl sites for hydroxylation is 1. The third kappa shape index (κ3) is 3.26. The van der Waals surface area contributed by atoms with E-state index in [0.717, 1.165) is 12.1 Å². The molecular weight excluding hydrogens is 306 g/mol. The number of hydrogen-bond acceptors (Lipinski definition) is 5. The molecule has 0 aliphatic carbocycles. The minimum Gasteiger partial charge on any atom is -0.445 e. The maximum Gasteiger partial charge on any atom is 0.243 e. The molecule has 2 rings (SSSR count). The number of rotatable bonds is 5. The van der Waals surface area contributed by atoms with Crippen LogP contribution in [0.4, 0.5) is 8.78 Å². The Balaban J connectivity index is 2.27. The maximum absolute atomic E-state index is 13.9. The molecular formula is C12H12F2N2O4S. The molecule has 21 heavy (non-hydrogen) atoms. The Hall–Kier alpha value is -1.84. The lowest BCUT2D eigenvalue weighted by atomic mass is 10.2. The van der Waals surface area contributed by atoms with Gasteiger partial charge >= 0.3 is 0 Å². The minimum atomic E-state index is -4.23. The van der Waals surface area contributed by atoms with Gasteiger partial charge in [-0.3, -0.25) is 0 Å². The first-order valence-corrected chi connectivity index (χ1v) is 7.32. The molecule has 9 heteroatoms. The summed E-state index contributed by atoms with van der Waals surface area (Å²) < 4.78 is 58.3. The van der Waals surface area contributed by atoms with Crippen LogP contribution in [0.25, 0.3) is 0 Å². The Labute approximate surface area is 119 Å². The van der Waals surface area contributed by atoms with Crippen LogP contribution in [0.15, 0.2) is 27.6 Å². The average Bonchev–Trinajstić information content (AvgIpc) is 2.83. The van der Waals surface area contributed by atoms with Crippen LogP contribution in [0.2, 0.25) is 0 Å². The summed E-state index contributed by atoms with van der Waals surface area (Å²) in [6.45, 7) is 0.416. The average molecular weight is 318 g/mol. The Morgan fingerprint density at radius 1 is 1.38 bits per heavy atom. The summed E-state index contributed by atoms with van der Waals surface area (Å²) in [4.78, 5) is 3.04. The zero-order chi connectivity index (χ0) is 15.6. The van der Waals surface area contributed by atoms with E-state index in [-0.39, 0.29) is 12.4 Å². The third-order valence-electron chi connectivity index (χ3n) is 2.68. The van der Waals surface area contributed by atoms with E-state index in [1.807, 2.05) is 0 Å². The first kappa shape index (κ1) is 15.5. The van der Waals surface area contributed by atoms with Crippen molar-refractivity contribution in [2.75, 3.05) is 0 Å². The summed E-state index contributed by atoms with van der Waals surface area (Å²) in [6, 6.07) is 1.56. The maximum atomic E-state index is 13.9. The highest BCUT2D eigenvalue weighted by Gasteiger charge is 2.23. The Kier molecular flexibility index (Phi) is 4.35. The SMILES string of the molecule is Cc1cnc(CNS(=O)(=O)c2ccc(F)c(CO)c2F)o1.